The molecule has 0 spiro atoms. The first-order chi connectivity index (χ1) is 11.1. The van der Waals surface area contributed by atoms with Crippen LogP contribution in [0.2, 0.25) is 0 Å². The third-order valence-electron chi connectivity index (χ3n) is 4.06. The van der Waals surface area contributed by atoms with Crippen molar-refractivity contribution in [2.45, 2.75) is 24.9 Å². The maximum Gasteiger partial charge on any atom is 0.262 e. The summed E-state index contributed by atoms with van der Waals surface area (Å²) >= 11 is 0. The Kier molecular flexibility index (Phi) is 8.27. The van der Waals surface area contributed by atoms with Gasteiger partial charge >= 0.3 is 0 Å². The second-order valence-corrected chi connectivity index (χ2v) is 5.80. The molecule has 2 N–H and O–H groups in total. The Hall–Kier alpha value is -1.22. The second-order valence-electron chi connectivity index (χ2n) is 5.80. The molecule has 10 heteroatoms. The van der Waals surface area contributed by atoms with Gasteiger partial charge < -0.3 is 15.0 Å². The third-order valence-corrected chi connectivity index (χ3v) is 4.06. The first-order valence-electron chi connectivity index (χ1n) is 7.71. The lowest BCUT2D eigenvalue weighted by atomic mass is 10.1. The molecule has 0 aromatic carbocycles. The quantitative estimate of drug-likeness (QED) is 0.801. The minimum atomic E-state index is -2.81. The number of anilines is 1. The van der Waals surface area contributed by atoms with Gasteiger partial charge in [0.15, 0.2) is 0 Å². The zero-order valence-corrected chi connectivity index (χ0v) is 15.2. The summed E-state index contributed by atoms with van der Waals surface area (Å²) in [5.41, 5.74) is 0.868. The van der Waals surface area contributed by atoms with Crippen molar-refractivity contribution in [1.29, 1.82) is 0 Å². The number of nitrogens with one attached hydrogen (secondary N) is 2. The maximum absolute atomic E-state index is 13.2. The zero-order chi connectivity index (χ0) is 16.3. The molecule has 1 aromatic heterocycles. The number of halogens is 4. The van der Waals surface area contributed by atoms with Crippen LogP contribution in [-0.2, 0) is 16.1 Å². The van der Waals surface area contributed by atoms with Crippen LogP contribution in [0.15, 0.2) is 18.3 Å². The van der Waals surface area contributed by atoms with Gasteiger partial charge in [-0.15, -0.1) is 24.8 Å². The predicted molar refractivity (Wildman–Crippen MR) is 95.0 cm³/mol. The van der Waals surface area contributed by atoms with E-state index in [1.54, 1.807) is 12.3 Å². The molecule has 1 atom stereocenters. The van der Waals surface area contributed by atoms with Gasteiger partial charge in [0.2, 0.25) is 5.91 Å². The summed E-state index contributed by atoms with van der Waals surface area (Å²) < 4.78 is 31.6. The van der Waals surface area contributed by atoms with Crippen LogP contribution in [0.3, 0.4) is 0 Å². The van der Waals surface area contributed by atoms with E-state index in [0.29, 0.717) is 13.2 Å². The van der Waals surface area contributed by atoms with E-state index in [1.165, 1.54) is 0 Å². The van der Waals surface area contributed by atoms with Gasteiger partial charge in [-0.1, -0.05) is 6.07 Å². The van der Waals surface area contributed by atoms with E-state index < -0.39 is 30.8 Å². The van der Waals surface area contributed by atoms with E-state index in [-0.39, 0.29) is 31.4 Å². The fourth-order valence-corrected chi connectivity index (χ4v) is 2.83. The van der Waals surface area contributed by atoms with Crippen LogP contribution in [0.5, 0.6) is 0 Å². The Labute approximate surface area is 157 Å². The van der Waals surface area contributed by atoms with Gasteiger partial charge in [0.05, 0.1) is 25.8 Å². The van der Waals surface area contributed by atoms with Crippen LogP contribution >= 0.6 is 24.8 Å². The number of nitrogens with zero attached hydrogens (tertiary/aromatic N) is 2. The number of carbonyl (C=O) groups excluding carboxylic acids is 1. The highest BCUT2D eigenvalue weighted by atomic mass is 35.5. The lowest BCUT2D eigenvalue weighted by Crippen LogP contribution is -2.41. The smallest absolute Gasteiger partial charge is 0.262 e. The van der Waals surface area contributed by atoms with Crippen LogP contribution in [0.25, 0.3) is 0 Å². The van der Waals surface area contributed by atoms with Crippen LogP contribution in [0, 0.1) is 0 Å². The predicted octanol–water partition coefficient (Wildman–Crippen LogP) is 1.38. The van der Waals surface area contributed by atoms with Gasteiger partial charge in [0, 0.05) is 37.8 Å². The summed E-state index contributed by atoms with van der Waals surface area (Å²) in [5.74, 6) is -2.41. The lowest BCUT2D eigenvalue weighted by Gasteiger charge is -2.29. The normalized spacial score (nSPS) is 21.8. The number of rotatable bonds is 4. The van der Waals surface area contributed by atoms with Gasteiger partial charge in [-0.3, -0.25) is 10.1 Å². The van der Waals surface area contributed by atoms with Gasteiger partial charge in [-0.25, -0.2) is 13.8 Å². The summed E-state index contributed by atoms with van der Waals surface area (Å²) in [5, 5.41) is 5.28. The van der Waals surface area contributed by atoms with Crippen molar-refractivity contribution in [3.05, 3.63) is 23.9 Å². The van der Waals surface area contributed by atoms with E-state index in [1.807, 2.05) is 6.07 Å². The zero-order valence-electron chi connectivity index (χ0n) is 13.5. The van der Waals surface area contributed by atoms with Crippen molar-refractivity contribution in [3.63, 3.8) is 0 Å². The molecule has 0 saturated carbocycles. The van der Waals surface area contributed by atoms with Crippen molar-refractivity contribution in [2.24, 2.45) is 0 Å². The highest BCUT2D eigenvalue weighted by Crippen LogP contribution is 2.25. The Morgan fingerprint density at radius 3 is 2.76 bits per heavy atom. The molecule has 25 heavy (non-hydrogen) atoms. The second kappa shape index (κ2) is 9.47. The fourth-order valence-electron chi connectivity index (χ4n) is 2.83. The monoisotopic (exact) mass is 398 g/mol. The van der Waals surface area contributed by atoms with Crippen LogP contribution in [0.1, 0.15) is 12.0 Å². The van der Waals surface area contributed by atoms with Crippen LogP contribution in [-0.4, -0.2) is 55.7 Å². The van der Waals surface area contributed by atoms with Crippen molar-refractivity contribution in [1.82, 2.24) is 15.6 Å². The number of amides is 1. The molecule has 1 aromatic rings. The molecule has 1 unspecified atom stereocenters. The molecule has 1 amide bonds. The molecule has 2 aliphatic heterocycles. The molecule has 3 rings (SSSR count). The summed E-state index contributed by atoms with van der Waals surface area (Å²) in [4.78, 5) is 18.5. The molecule has 6 nitrogen and oxygen atoms in total. The number of alkyl halides is 2. The summed E-state index contributed by atoms with van der Waals surface area (Å²) in [6.45, 7) is 2.59. The van der Waals surface area contributed by atoms with Crippen LogP contribution < -0.4 is 15.5 Å². The summed E-state index contributed by atoms with van der Waals surface area (Å²) in [6.07, 6.45) is 1.25. The minimum absolute atomic E-state index is 0. The molecule has 142 valence electrons. The molecule has 0 aliphatic carbocycles. The van der Waals surface area contributed by atoms with Crippen molar-refractivity contribution >= 4 is 36.5 Å². The number of carbonyl (C=O) groups is 1. The lowest BCUT2D eigenvalue weighted by molar-refractivity contribution is -0.123. The van der Waals surface area contributed by atoms with E-state index in [2.05, 4.69) is 20.5 Å². The standard InChI is InChI=1S/C15H20F2N4O2.2ClH/c16-15(17)8-12(20-10-15)14(22)19-9-11-2-1-3-18-13(11)21-4-6-23-7-5-21;;/h1-3,12,20H,4-10H2,(H,19,22);2*1H. The summed E-state index contributed by atoms with van der Waals surface area (Å²) in [7, 11) is 0. The Morgan fingerprint density at radius 2 is 2.12 bits per heavy atom. The maximum atomic E-state index is 13.2. The van der Waals surface area contributed by atoms with E-state index >= 15 is 0 Å². The highest BCUT2D eigenvalue weighted by molar-refractivity contribution is 5.85. The average Bonchev–Trinajstić information content (AvgIpc) is 2.94. The first-order valence-corrected chi connectivity index (χ1v) is 7.71. The van der Waals surface area contributed by atoms with E-state index in [9.17, 15) is 13.6 Å². The van der Waals surface area contributed by atoms with Gasteiger partial charge in [0.25, 0.3) is 5.92 Å². The number of hydrogen-bond donors (Lipinski definition) is 2. The average molecular weight is 399 g/mol. The number of pyridine rings is 1. The molecular weight excluding hydrogens is 377 g/mol. The van der Waals surface area contributed by atoms with Gasteiger partial charge in [0.1, 0.15) is 5.82 Å². The molecule has 2 aliphatic rings. The van der Waals surface area contributed by atoms with Crippen molar-refractivity contribution < 1.29 is 18.3 Å². The van der Waals surface area contributed by atoms with Gasteiger partial charge in [-0.2, -0.15) is 0 Å². The number of morpholine rings is 1. The molecule has 0 bridgehead atoms. The van der Waals surface area contributed by atoms with E-state index in [0.717, 1.165) is 24.5 Å². The SMILES string of the molecule is Cl.Cl.O=C(NCc1cccnc1N1CCOCC1)C1CC(F)(F)CN1. The topological polar surface area (TPSA) is 66.5 Å². The fraction of sp³-hybridized carbons (Fsp3) is 0.600. The number of aromatic nitrogens is 1. The molecule has 3 heterocycles. The molecule has 2 fully saturated rings. The third kappa shape index (κ3) is 5.64. The van der Waals surface area contributed by atoms with Crippen LogP contribution in [0.4, 0.5) is 14.6 Å². The number of ether oxygens (including phenoxy) is 1. The Balaban J connectivity index is 0.00000156. The Bertz CT molecular complexity index is 574. The minimum Gasteiger partial charge on any atom is -0.378 e. The van der Waals surface area contributed by atoms with Gasteiger partial charge in [-0.05, 0) is 6.07 Å². The molecular formula is C15H22Cl2F2N4O2. The summed E-state index contributed by atoms with van der Waals surface area (Å²) in [6, 6.07) is 2.84. The van der Waals surface area contributed by atoms with Crippen molar-refractivity contribution in [3.8, 4) is 0 Å². The molecule has 0 radical (unpaired) electrons. The highest BCUT2D eigenvalue weighted by Gasteiger charge is 2.42. The molecule has 2 saturated heterocycles. The van der Waals surface area contributed by atoms with Crippen molar-refractivity contribution in [2.75, 3.05) is 37.7 Å². The Morgan fingerprint density at radius 1 is 1.40 bits per heavy atom. The number of hydrogen-bond acceptors (Lipinski definition) is 5. The largest absolute Gasteiger partial charge is 0.378 e. The van der Waals surface area contributed by atoms with E-state index in [4.69, 9.17) is 4.74 Å². The first kappa shape index (κ1) is 21.8.